The molecule has 2 aromatic rings. The summed E-state index contributed by atoms with van der Waals surface area (Å²) in [5, 5.41) is 14.9. The van der Waals surface area contributed by atoms with Crippen LogP contribution in [0.1, 0.15) is 42.5 Å². The van der Waals surface area contributed by atoms with Crippen molar-refractivity contribution in [2.24, 2.45) is 7.05 Å². The molecule has 2 heterocycles. The van der Waals surface area contributed by atoms with E-state index in [2.05, 4.69) is 10.1 Å². The smallest absolute Gasteiger partial charge is 0.138 e. The number of rotatable bonds is 4. The lowest BCUT2D eigenvalue weighted by atomic mass is 10.0. The summed E-state index contributed by atoms with van der Waals surface area (Å²) in [6.45, 7) is 7.75. The Hall–Kier alpha value is -1.88. The number of hydrogen-bond acceptors (Lipinski definition) is 4. The molecular formula is C15H21N3O2. The lowest BCUT2D eigenvalue weighted by molar-refractivity contribution is 0.214. The van der Waals surface area contributed by atoms with Crippen LogP contribution in [0.15, 0.2) is 18.5 Å². The van der Waals surface area contributed by atoms with Gasteiger partial charge in [0, 0.05) is 30.1 Å². The summed E-state index contributed by atoms with van der Waals surface area (Å²) in [5.41, 5.74) is 3.32. The molecule has 0 spiro atoms. The second-order valence-corrected chi connectivity index (χ2v) is 5.23. The summed E-state index contributed by atoms with van der Waals surface area (Å²) in [6.07, 6.45) is 2.64. The van der Waals surface area contributed by atoms with Gasteiger partial charge in [0.2, 0.25) is 0 Å². The van der Waals surface area contributed by atoms with Gasteiger partial charge in [0.15, 0.2) is 0 Å². The first-order valence-electron chi connectivity index (χ1n) is 6.70. The van der Waals surface area contributed by atoms with E-state index < -0.39 is 6.10 Å². The van der Waals surface area contributed by atoms with E-state index in [4.69, 9.17) is 4.74 Å². The standard InChI is InChI=1S/C15H21N3O2/c1-9(2)20-13-6-12(7-16-8-13)15(19)14-10(3)17-18(5)11(14)4/h6-9,15,19H,1-5H3. The summed E-state index contributed by atoms with van der Waals surface area (Å²) in [7, 11) is 1.87. The third kappa shape index (κ3) is 2.82. The summed E-state index contributed by atoms with van der Waals surface area (Å²) < 4.78 is 7.39. The molecule has 0 bridgehead atoms. The van der Waals surface area contributed by atoms with E-state index in [1.165, 1.54) is 0 Å². The third-order valence-corrected chi connectivity index (χ3v) is 3.26. The first kappa shape index (κ1) is 14.5. The topological polar surface area (TPSA) is 60.2 Å². The highest BCUT2D eigenvalue weighted by molar-refractivity contribution is 5.36. The molecule has 1 unspecified atom stereocenters. The molecule has 108 valence electrons. The number of pyridine rings is 1. The molecule has 2 aromatic heterocycles. The molecule has 0 saturated carbocycles. The molecule has 0 aliphatic heterocycles. The number of ether oxygens (including phenoxy) is 1. The molecule has 0 saturated heterocycles. The largest absolute Gasteiger partial charge is 0.489 e. The van der Waals surface area contributed by atoms with Crippen LogP contribution in [0, 0.1) is 13.8 Å². The molecule has 0 radical (unpaired) electrons. The van der Waals surface area contributed by atoms with Crippen molar-refractivity contribution in [3.63, 3.8) is 0 Å². The van der Waals surface area contributed by atoms with Crippen molar-refractivity contribution < 1.29 is 9.84 Å². The van der Waals surface area contributed by atoms with Gasteiger partial charge in [-0.05, 0) is 33.8 Å². The van der Waals surface area contributed by atoms with Crippen LogP contribution in [0.3, 0.4) is 0 Å². The zero-order valence-corrected chi connectivity index (χ0v) is 12.6. The lowest BCUT2D eigenvalue weighted by Crippen LogP contribution is -2.08. The van der Waals surface area contributed by atoms with Crippen LogP contribution in [-0.2, 0) is 7.05 Å². The van der Waals surface area contributed by atoms with E-state index in [0.29, 0.717) is 11.3 Å². The Morgan fingerprint density at radius 1 is 1.25 bits per heavy atom. The van der Waals surface area contributed by atoms with Crippen molar-refractivity contribution in [3.05, 3.63) is 41.0 Å². The van der Waals surface area contributed by atoms with E-state index >= 15 is 0 Å². The van der Waals surface area contributed by atoms with Crippen molar-refractivity contribution in [3.8, 4) is 5.75 Å². The Kier molecular flexibility index (Phi) is 4.09. The fraction of sp³-hybridized carbons (Fsp3) is 0.467. The molecule has 0 aliphatic rings. The van der Waals surface area contributed by atoms with Gasteiger partial charge in [-0.2, -0.15) is 5.10 Å². The zero-order chi connectivity index (χ0) is 14.9. The maximum absolute atomic E-state index is 10.6. The number of aliphatic hydroxyl groups excluding tert-OH is 1. The molecule has 2 rings (SSSR count). The number of aryl methyl sites for hydroxylation is 2. The average molecular weight is 275 g/mol. The van der Waals surface area contributed by atoms with Crippen LogP contribution in [0.2, 0.25) is 0 Å². The van der Waals surface area contributed by atoms with Crippen LogP contribution < -0.4 is 4.74 Å². The number of aliphatic hydroxyl groups is 1. The molecule has 20 heavy (non-hydrogen) atoms. The Balaban J connectivity index is 2.35. The molecule has 0 aromatic carbocycles. The van der Waals surface area contributed by atoms with E-state index in [1.807, 2.05) is 40.8 Å². The SMILES string of the molecule is Cc1nn(C)c(C)c1C(O)c1cncc(OC(C)C)c1. The fourth-order valence-corrected chi connectivity index (χ4v) is 2.27. The highest BCUT2D eigenvalue weighted by Crippen LogP contribution is 2.28. The van der Waals surface area contributed by atoms with Gasteiger partial charge in [-0.25, -0.2) is 0 Å². The molecule has 0 amide bonds. The molecule has 5 heteroatoms. The molecule has 0 aliphatic carbocycles. The van der Waals surface area contributed by atoms with Gasteiger partial charge in [-0.1, -0.05) is 0 Å². The van der Waals surface area contributed by atoms with Gasteiger partial charge in [-0.3, -0.25) is 9.67 Å². The van der Waals surface area contributed by atoms with Crippen molar-refractivity contribution in [1.29, 1.82) is 0 Å². The quantitative estimate of drug-likeness (QED) is 0.930. The minimum atomic E-state index is -0.744. The lowest BCUT2D eigenvalue weighted by Gasteiger charge is -2.14. The van der Waals surface area contributed by atoms with E-state index in [1.54, 1.807) is 17.1 Å². The van der Waals surface area contributed by atoms with Crippen molar-refractivity contribution >= 4 is 0 Å². The summed E-state index contributed by atoms with van der Waals surface area (Å²) in [4.78, 5) is 4.14. The highest BCUT2D eigenvalue weighted by Gasteiger charge is 2.20. The number of nitrogens with zero attached hydrogens (tertiary/aromatic N) is 3. The van der Waals surface area contributed by atoms with E-state index in [9.17, 15) is 5.11 Å². The minimum absolute atomic E-state index is 0.0751. The highest BCUT2D eigenvalue weighted by atomic mass is 16.5. The van der Waals surface area contributed by atoms with Crippen LogP contribution in [0.25, 0.3) is 0 Å². The Morgan fingerprint density at radius 3 is 2.50 bits per heavy atom. The number of hydrogen-bond donors (Lipinski definition) is 1. The normalized spacial score (nSPS) is 12.8. The first-order chi connectivity index (χ1) is 9.40. The minimum Gasteiger partial charge on any atom is -0.489 e. The molecule has 0 fully saturated rings. The molecular weight excluding hydrogens is 254 g/mol. The maximum Gasteiger partial charge on any atom is 0.138 e. The molecule has 1 atom stereocenters. The predicted molar refractivity (Wildman–Crippen MR) is 76.7 cm³/mol. The zero-order valence-electron chi connectivity index (χ0n) is 12.6. The van der Waals surface area contributed by atoms with Gasteiger partial charge in [0.05, 0.1) is 18.0 Å². The van der Waals surface area contributed by atoms with Crippen molar-refractivity contribution in [2.75, 3.05) is 0 Å². The monoisotopic (exact) mass is 275 g/mol. The van der Waals surface area contributed by atoms with Gasteiger partial charge >= 0.3 is 0 Å². The van der Waals surface area contributed by atoms with Crippen LogP contribution in [-0.4, -0.2) is 26.0 Å². The second-order valence-electron chi connectivity index (χ2n) is 5.23. The maximum atomic E-state index is 10.6. The average Bonchev–Trinajstić information content (AvgIpc) is 2.62. The second kappa shape index (κ2) is 5.63. The van der Waals surface area contributed by atoms with Gasteiger partial charge in [-0.15, -0.1) is 0 Å². The summed E-state index contributed by atoms with van der Waals surface area (Å²) in [5.74, 6) is 0.663. The number of aromatic nitrogens is 3. The van der Waals surface area contributed by atoms with Crippen LogP contribution in [0.5, 0.6) is 5.75 Å². The Morgan fingerprint density at radius 2 is 1.95 bits per heavy atom. The Labute approximate surface area is 119 Å². The first-order valence-corrected chi connectivity index (χ1v) is 6.70. The van der Waals surface area contributed by atoms with Crippen LogP contribution >= 0.6 is 0 Å². The molecule has 5 nitrogen and oxygen atoms in total. The van der Waals surface area contributed by atoms with Gasteiger partial charge in [0.1, 0.15) is 11.9 Å². The predicted octanol–water partition coefficient (Wildman–Crippen LogP) is 2.30. The van der Waals surface area contributed by atoms with Crippen molar-refractivity contribution in [1.82, 2.24) is 14.8 Å². The fourth-order valence-electron chi connectivity index (χ4n) is 2.27. The summed E-state index contributed by atoms with van der Waals surface area (Å²) >= 11 is 0. The molecule has 1 N–H and O–H groups in total. The van der Waals surface area contributed by atoms with Crippen LogP contribution in [0.4, 0.5) is 0 Å². The van der Waals surface area contributed by atoms with E-state index in [0.717, 1.165) is 17.0 Å². The Bertz CT molecular complexity index is 605. The van der Waals surface area contributed by atoms with E-state index in [-0.39, 0.29) is 6.10 Å². The van der Waals surface area contributed by atoms with Gasteiger partial charge < -0.3 is 9.84 Å². The summed E-state index contributed by atoms with van der Waals surface area (Å²) in [6, 6.07) is 1.82. The third-order valence-electron chi connectivity index (χ3n) is 3.26. The van der Waals surface area contributed by atoms with Gasteiger partial charge in [0.25, 0.3) is 0 Å². The van der Waals surface area contributed by atoms with Crippen molar-refractivity contribution in [2.45, 2.75) is 39.9 Å².